The molecular weight excluding hydrogens is 354 g/mol. The maximum absolute atomic E-state index is 12.6. The summed E-state index contributed by atoms with van der Waals surface area (Å²) in [4.78, 5) is 26.2. The zero-order chi connectivity index (χ0) is 18.7. The molecule has 26 heavy (non-hydrogen) atoms. The van der Waals surface area contributed by atoms with Gasteiger partial charge in [0.25, 0.3) is 11.1 Å². The number of amides is 2. The number of aromatic hydroxyl groups is 1. The molecule has 0 bridgehead atoms. The molecule has 1 fully saturated rings. The maximum Gasteiger partial charge on any atom is 0.298 e. The number of rotatable bonds is 5. The minimum atomic E-state index is -0.432. The molecule has 0 aromatic heterocycles. The van der Waals surface area contributed by atoms with Gasteiger partial charge in [0.1, 0.15) is 5.75 Å². The van der Waals surface area contributed by atoms with Crippen LogP contribution in [0, 0.1) is 0 Å². The van der Waals surface area contributed by atoms with Gasteiger partial charge in [-0.2, -0.15) is 0 Å². The van der Waals surface area contributed by atoms with E-state index < -0.39 is 11.1 Å². The highest BCUT2D eigenvalue weighted by atomic mass is 32.2. The number of thioether (sulfide) groups is 1. The Morgan fingerprint density at radius 1 is 1.15 bits per heavy atom. The van der Waals surface area contributed by atoms with Crippen LogP contribution in [0.25, 0.3) is 6.08 Å². The van der Waals surface area contributed by atoms with Crippen molar-refractivity contribution >= 4 is 34.7 Å². The lowest BCUT2D eigenvalue weighted by molar-refractivity contribution is -0.113. The number of carbonyl (C=O) groups excluding carboxylic acids is 2. The Hall–Kier alpha value is -2.93. The van der Waals surface area contributed by atoms with E-state index in [0.29, 0.717) is 34.3 Å². The molecule has 0 spiro atoms. The van der Waals surface area contributed by atoms with E-state index in [1.165, 1.54) is 19.2 Å². The summed E-state index contributed by atoms with van der Waals surface area (Å²) in [6.45, 7) is 2.39. The largest absolute Gasteiger partial charge is 0.508 e. The van der Waals surface area contributed by atoms with E-state index in [-0.39, 0.29) is 5.75 Å². The van der Waals surface area contributed by atoms with Crippen LogP contribution >= 0.6 is 11.8 Å². The van der Waals surface area contributed by atoms with Crippen molar-refractivity contribution in [3.8, 4) is 17.2 Å². The van der Waals surface area contributed by atoms with Crippen LogP contribution in [0.4, 0.5) is 10.5 Å². The third kappa shape index (κ3) is 3.52. The number of anilines is 1. The quantitative estimate of drug-likeness (QED) is 0.800. The van der Waals surface area contributed by atoms with Crippen molar-refractivity contribution in [3.05, 3.63) is 52.9 Å². The lowest BCUT2D eigenvalue weighted by Gasteiger charge is -2.12. The van der Waals surface area contributed by atoms with Gasteiger partial charge < -0.3 is 14.6 Å². The molecule has 7 heteroatoms. The second kappa shape index (κ2) is 7.53. The van der Waals surface area contributed by atoms with Gasteiger partial charge in [-0.1, -0.05) is 12.1 Å². The molecule has 1 aliphatic heterocycles. The van der Waals surface area contributed by atoms with Gasteiger partial charge in [0, 0.05) is 6.07 Å². The van der Waals surface area contributed by atoms with Gasteiger partial charge in [0.15, 0.2) is 11.5 Å². The van der Waals surface area contributed by atoms with Gasteiger partial charge in [0.2, 0.25) is 0 Å². The Labute approximate surface area is 155 Å². The van der Waals surface area contributed by atoms with Crippen LogP contribution in [0.15, 0.2) is 47.4 Å². The Morgan fingerprint density at radius 3 is 2.65 bits per heavy atom. The molecular formula is C19H17NO5S. The maximum atomic E-state index is 12.6. The molecule has 2 amide bonds. The molecule has 0 atom stereocenters. The number of hydrogen-bond donors (Lipinski definition) is 1. The van der Waals surface area contributed by atoms with Gasteiger partial charge in [-0.3, -0.25) is 9.59 Å². The third-order valence-electron chi connectivity index (χ3n) is 3.67. The molecule has 0 radical (unpaired) electrons. The summed E-state index contributed by atoms with van der Waals surface area (Å²) in [6, 6.07) is 11.3. The van der Waals surface area contributed by atoms with E-state index >= 15 is 0 Å². The number of phenolic OH excluding ortho intramolecular Hbond substituents is 1. The van der Waals surface area contributed by atoms with Gasteiger partial charge in [0.05, 0.1) is 24.3 Å². The number of carbonyl (C=O) groups is 2. The van der Waals surface area contributed by atoms with Gasteiger partial charge >= 0.3 is 0 Å². The summed E-state index contributed by atoms with van der Waals surface area (Å²) in [7, 11) is 1.54. The molecule has 1 N–H and O–H groups in total. The Balaban J connectivity index is 1.90. The monoisotopic (exact) mass is 371 g/mol. The predicted molar refractivity (Wildman–Crippen MR) is 101 cm³/mol. The zero-order valence-corrected chi connectivity index (χ0v) is 15.1. The standard InChI is InChI=1S/C19H17NO5S/c1-3-25-15-8-7-12(9-16(15)24-2)10-17-18(22)20(19(23)26-17)13-5-4-6-14(21)11-13/h4-11,21H,3H2,1-2H3. The lowest BCUT2D eigenvalue weighted by atomic mass is 10.2. The number of imide groups is 1. The highest BCUT2D eigenvalue weighted by molar-refractivity contribution is 8.19. The number of ether oxygens (including phenoxy) is 2. The van der Waals surface area contributed by atoms with E-state index in [9.17, 15) is 14.7 Å². The first-order chi connectivity index (χ1) is 12.5. The van der Waals surface area contributed by atoms with Crippen LogP contribution in [-0.4, -0.2) is 30.0 Å². The number of methoxy groups -OCH3 is 1. The molecule has 1 saturated heterocycles. The van der Waals surface area contributed by atoms with Crippen molar-refractivity contribution < 1.29 is 24.2 Å². The second-order valence-electron chi connectivity index (χ2n) is 5.38. The Kier molecular flexibility index (Phi) is 5.18. The van der Waals surface area contributed by atoms with E-state index in [1.807, 2.05) is 6.92 Å². The third-order valence-corrected chi connectivity index (χ3v) is 4.54. The van der Waals surface area contributed by atoms with Gasteiger partial charge in [-0.25, -0.2) is 4.90 Å². The van der Waals surface area contributed by atoms with E-state index in [0.717, 1.165) is 16.7 Å². The van der Waals surface area contributed by atoms with Crippen LogP contribution in [0.3, 0.4) is 0 Å². The van der Waals surface area contributed by atoms with E-state index in [2.05, 4.69) is 0 Å². The average Bonchev–Trinajstić information content (AvgIpc) is 2.90. The van der Waals surface area contributed by atoms with E-state index in [1.54, 1.807) is 36.4 Å². The van der Waals surface area contributed by atoms with Crippen LogP contribution in [0.1, 0.15) is 12.5 Å². The van der Waals surface area contributed by atoms with E-state index in [4.69, 9.17) is 9.47 Å². The van der Waals surface area contributed by atoms with Crippen LogP contribution < -0.4 is 14.4 Å². The number of hydrogen-bond acceptors (Lipinski definition) is 6. The van der Waals surface area contributed by atoms with Crippen molar-refractivity contribution in [2.24, 2.45) is 0 Å². The number of benzene rings is 2. The molecule has 2 aromatic carbocycles. The smallest absolute Gasteiger partial charge is 0.298 e. The lowest BCUT2D eigenvalue weighted by Crippen LogP contribution is -2.27. The molecule has 3 rings (SSSR count). The van der Waals surface area contributed by atoms with Crippen molar-refractivity contribution in [2.45, 2.75) is 6.92 Å². The SMILES string of the molecule is CCOc1ccc(C=C2SC(=O)N(c3cccc(O)c3)C2=O)cc1OC. The summed E-state index contributed by atoms with van der Waals surface area (Å²) in [5.41, 5.74) is 1.05. The molecule has 0 unspecified atom stereocenters. The fraction of sp³-hybridized carbons (Fsp3) is 0.158. The van der Waals surface area contributed by atoms with Crippen LogP contribution in [0.2, 0.25) is 0 Å². The van der Waals surface area contributed by atoms with Crippen LogP contribution in [0.5, 0.6) is 17.2 Å². The molecule has 134 valence electrons. The number of nitrogens with zero attached hydrogens (tertiary/aromatic N) is 1. The molecule has 1 aliphatic rings. The normalized spacial score (nSPS) is 15.6. The molecule has 6 nitrogen and oxygen atoms in total. The van der Waals surface area contributed by atoms with Crippen molar-refractivity contribution in [1.82, 2.24) is 0 Å². The van der Waals surface area contributed by atoms with Gasteiger partial charge in [-0.15, -0.1) is 0 Å². The first-order valence-electron chi connectivity index (χ1n) is 7.91. The van der Waals surface area contributed by atoms with Crippen molar-refractivity contribution in [2.75, 3.05) is 18.6 Å². The first kappa shape index (κ1) is 17.9. The summed E-state index contributed by atoms with van der Waals surface area (Å²) in [5, 5.41) is 9.17. The van der Waals surface area contributed by atoms with Gasteiger partial charge in [-0.05, 0) is 54.6 Å². The Morgan fingerprint density at radius 2 is 1.96 bits per heavy atom. The Bertz CT molecular complexity index is 893. The summed E-state index contributed by atoms with van der Waals surface area (Å²) < 4.78 is 10.8. The molecule has 0 aliphatic carbocycles. The minimum absolute atomic E-state index is 0.0122. The van der Waals surface area contributed by atoms with Crippen molar-refractivity contribution in [3.63, 3.8) is 0 Å². The summed E-state index contributed by atoms with van der Waals surface area (Å²) in [5.74, 6) is 0.716. The molecule has 0 saturated carbocycles. The topological polar surface area (TPSA) is 76.1 Å². The van der Waals surface area contributed by atoms with Crippen molar-refractivity contribution in [1.29, 1.82) is 0 Å². The number of phenols is 1. The molecule has 1 heterocycles. The highest BCUT2D eigenvalue weighted by Gasteiger charge is 2.36. The summed E-state index contributed by atoms with van der Waals surface area (Å²) in [6.07, 6.45) is 1.63. The average molecular weight is 371 g/mol. The molecule has 2 aromatic rings. The summed E-state index contributed by atoms with van der Waals surface area (Å²) >= 11 is 0.850. The fourth-order valence-corrected chi connectivity index (χ4v) is 3.36. The second-order valence-corrected chi connectivity index (χ2v) is 6.37. The van der Waals surface area contributed by atoms with Crippen LogP contribution in [-0.2, 0) is 4.79 Å². The predicted octanol–water partition coefficient (Wildman–Crippen LogP) is 4.04. The fourth-order valence-electron chi connectivity index (χ4n) is 2.52. The zero-order valence-electron chi connectivity index (χ0n) is 14.3. The highest BCUT2D eigenvalue weighted by Crippen LogP contribution is 2.37. The first-order valence-corrected chi connectivity index (χ1v) is 8.73. The minimum Gasteiger partial charge on any atom is -0.508 e.